The van der Waals surface area contributed by atoms with Crippen molar-refractivity contribution in [2.24, 2.45) is 0 Å². The van der Waals surface area contributed by atoms with Crippen LogP contribution in [0.1, 0.15) is 12.5 Å². The molecule has 0 aromatic heterocycles. The van der Waals surface area contributed by atoms with Gasteiger partial charge in [0.25, 0.3) is 0 Å². The van der Waals surface area contributed by atoms with Crippen LogP contribution in [-0.2, 0) is 9.53 Å². The van der Waals surface area contributed by atoms with Crippen molar-refractivity contribution in [2.45, 2.75) is 6.92 Å². The Labute approximate surface area is 99.5 Å². The zero-order valence-electron chi connectivity index (χ0n) is 9.49. The minimum atomic E-state index is -0.526. The summed E-state index contributed by atoms with van der Waals surface area (Å²) < 4.78 is 15.5. The van der Waals surface area contributed by atoms with Crippen LogP contribution in [0.4, 0.5) is 0 Å². The summed E-state index contributed by atoms with van der Waals surface area (Å²) in [4.78, 5) is 11.1. The van der Waals surface area contributed by atoms with Gasteiger partial charge >= 0.3 is 5.97 Å². The Morgan fingerprint density at radius 3 is 2.88 bits per heavy atom. The van der Waals surface area contributed by atoms with Crippen molar-refractivity contribution in [1.29, 1.82) is 0 Å². The van der Waals surface area contributed by atoms with Gasteiger partial charge in [-0.3, -0.25) is 0 Å². The third kappa shape index (κ3) is 2.91. The van der Waals surface area contributed by atoms with Crippen LogP contribution >= 0.6 is 0 Å². The van der Waals surface area contributed by atoms with E-state index in [9.17, 15) is 4.79 Å². The summed E-state index contributed by atoms with van der Waals surface area (Å²) in [5.74, 6) is 5.96. The number of benzene rings is 1. The largest absolute Gasteiger partial charge is 0.486 e. The van der Waals surface area contributed by atoms with Gasteiger partial charge in [0.15, 0.2) is 11.5 Å². The number of ether oxygens (including phenoxy) is 3. The molecule has 0 N–H and O–H groups in total. The molecule has 2 rings (SSSR count). The summed E-state index contributed by atoms with van der Waals surface area (Å²) >= 11 is 0. The van der Waals surface area contributed by atoms with E-state index >= 15 is 0 Å². The fraction of sp³-hybridized carbons (Fsp3) is 0.308. The van der Waals surface area contributed by atoms with Crippen molar-refractivity contribution >= 4 is 5.97 Å². The molecule has 0 amide bonds. The van der Waals surface area contributed by atoms with E-state index < -0.39 is 5.97 Å². The van der Waals surface area contributed by atoms with Crippen molar-refractivity contribution < 1.29 is 19.0 Å². The summed E-state index contributed by atoms with van der Waals surface area (Å²) in [5.41, 5.74) is 0.697. The Morgan fingerprint density at radius 2 is 2.12 bits per heavy atom. The highest BCUT2D eigenvalue weighted by Crippen LogP contribution is 2.30. The molecule has 0 bridgehead atoms. The molecule has 0 radical (unpaired) electrons. The predicted molar refractivity (Wildman–Crippen MR) is 60.9 cm³/mol. The summed E-state index contributed by atoms with van der Waals surface area (Å²) in [7, 11) is 0. The third-order valence-electron chi connectivity index (χ3n) is 2.13. The number of fused-ring (bicyclic) bond motifs is 1. The number of rotatable bonds is 1. The molecular weight excluding hydrogens is 220 g/mol. The second-order valence-corrected chi connectivity index (χ2v) is 3.33. The Kier molecular flexibility index (Phi) is 3.51. The second-order valence-electron chi connectivity index (χ2n) is 3.33. The maximum Gasteiger partial charge on any atom is 0.384 e. The van der Waals surface area contributed by atoms with Crippen LogP contribution < -0.4 is 9.47 Å². The second kappa shape index (κ2) is 5.26. The number of hydrogen-bond donors (Lipinski definition) is 0. The van der Waals surface area contributed by atoms with E-state index in [1.54, 1.807) is 25.1 Å². The normalized spacial score (nSPS) is 12.3. The lowest BCUT2D eigenvalue weighted by Gasteiger charge is -2.17. The van der Waals surface area contributed by atoms with Crippen LogP contribution in [0.15, 0.2) is 18.2 Å². The molecule has 0 atom stereocenters. The Balaban J connectivity index is 2.14. The first-order valence-corrected chi connectivity index (χ1v) is 5.38. The van der Waals surface area contributed by atoms with Gasteiger partial charge in [0.2, 0.25) is 0 Å². The number of hydrogen-bond acceptors (Lipinski definition) is 4. The molecule has 0 spiro atoms. The molecule has 4 heteroatoms. The van der Waals surface area contributed by atoms with E-state index in [1.807, 2.05) is 0 Å². The van der Waals surface area contributed by atoms with Crippen LogP contribution in [0.2, 0.25) is 0 Å². The van der Waals surface area contributed by atoms with E-state index in [1.165, 1.54) is 0 Å². The Morgan fingerprint density at radius 1 is 1.35 bits per heavy atom. The minimum absolute atomic E-state index is 0.328. The molecule has 0 fully saturated rings. The SMILES string of the molecule is CCOC(=O)C#Cc1ccc2c(c1)OCCO2. The van der Waals surface area contributed by atoms with Gasteiger partial charge in [-0.25, -0.2) is 4.79 Å². The number of carbonyl (C=O) groups excluding carboxylic acids is 1. The highest BCUT2D eigenvalue weighted by atomic mass is 16.6. The molecule has 1 aromatic rings. The van der Waals surface area contributed by atoms with E-state index in [-0.39, 0.29) is 0 Å². The monoisotopic (exact) mass is 232 g/mol. The fourth-order valence-corrected chi connectivity index (χ4v) is 1.41. The molecular formula is C13H12O4. The van der Waals surface area contributed by atoms with E-state index in [0.717, 1.165) is 0 Å². The van der Waals surface area contributed by atoms with Gasteiger partial charge < -0.3 is 14.2 Å². The average molecular weight is 232 g/mol. The van der Waals surface area contributed by atoms with Crippen LogP contribution in [0.5, 0.6) is 11.5 Å². The molecule has 0 unspecified atom stereocenters. The standard InChI is InChI=1S/C13H12O4/c1-2-15-13(14)6-4-10-3-5-11-12(9-10)17-8-7-16-11/h3,5,9H,2,7-8H2,1H3. The molecule has 0 aliphatic carbocycles. The van der Waals surface area contributed by atoms with Crippen molar-refractivity contribution in [1.82, 2.24) is 0 Å². The van der Waals surface area contributed by atoms with Gasteiger partial charge in [-0.05, 0) is 25.1 Å². The van der Waals surface area contributed by atoms with Crippen molar-refractivity contribution in [3.63, 3.8) is 0 Å². The highest BCUT2D eigenvalue weighted by molar-refractivity contribution is 5.89. The maximum absolute atomic E-state index is 11.1. The first-order valence-electron chi connectivity index (χ1n) is 5.38. The van der Waals surface area contributed by atoms with Crippen LogP contribution in [0, 0.1) is 11.8 Å². The van der Waals surface area contributed by atoms with Gasteiger partial charge in [0.05, 0.1) is 6.61 Å². The van der Waals surface area contributed by atoms with Gasteiger partial charge in [-0.15, -0.1) is 0 Å². The quantitative estimate of drug-likeness (QED) is 0.542. The maximum atomic E-state index is 11.1. The number of carbonyl (C=O) groups is 1. The van der Waals surface area contributed by atoms with Gasteiger partial charge in [-0.1, -0.05) is 5.92 Å². The molecule has 17 heavy (non-hydrogen) atoms. The zero-order valence-corrected chi connectivity index (χ0v) is 9.49. The first-order chi connectivity index (χ1) is 8.29. The van der Waals surface area contributed by atoms with Crippen LogP contribution in [0.25, 0.3) is 0 Å². The summed E-state index contributed by atoms with van der Waals surface area (Å²) in [6.07, 6.45) is 0. The topological polar surface area (TPSA) is 44.8 Å². The van der Waals surface area contributed by atoms with Crippen molar-refractivity contribution in [3.8, 4) is 23.3 Å². The first kappa shape index (κ1) is 11.3. The van der Waals surface area contributed by atoms with Crippen molar-refractivity contribution in [3.05, 3.63) is 23.8 Å². The van der Waals surface area contributed by atoms with E-state index in [2.05, 4.69) is 11.8 Å². The predicted octanol–water partition coefficient (Wildman–Crippen LogP) is 1.37. The lowest BCUT2D eigenvalue weighted by atomic mass is 10.2. The molecule has 4 nitrogen and oxygen atoms in total. The molecule has 1 heterocycles. The number of esters is 1. The zero-order chi connectivity index (χ0) is 12.1. The molecule has 0 saturated heterocycles. The summed E-state index contributed by atoms with van der Waals surface area (Å²) in [6, 6.07) is 5.31. The molecule has 88 valence electrons. The van der Waals surface area contributed by atoms with Gasteiger partial charge in [0, 0.05) is 11.5 Å². The lowest BCUT2D eigenvalue weighted by Crippen LogP contribution is -2.15. The van der Waals surface area contributed by atoms with E-state index in [4.69, 9.17) is 14.2 Å². The average Bonchev–Trinajstić information content (AvgIpc) is 2.36. The van der Waals surface area contributed by atoms with Crippen LogP contribution in [-0.4, -0.2) is 25.8 Å². The Bertz CT molecular complexity index is 482. The van der Waals surface area contributed by atoms with Crippen molar-refractivity contribution in [2.75, 3.05) is 19.8 Å². The lowest BCUT2D eigenvalue weighted by molar-refractivity contribution is -0.136. The smallest absolute Gasteiger partial charge is 0.384 e. The minimum Gasteiger partial charge on any atom is -0.486 e. The molecule has 1 aliphatic heterocycles. The molecule has 1 aromatic carbocycles. The summed E-state index contributed by atoms with van der Waals surface area (Å²) in [5, 5.41) is 0. The van der Waals surface area contributed by atoms with Gasteiger partial charge in [0.1, 0.15) is 13.2 Å². The molecule has 1 aliphatic rings. The van der Waals surface area contributed by atoms with E-state index in [0.29, 0.717) is 36.9 Å². The third-order valence-corrected chi connectivity index (χ3v) is 2.13. The fourth-order valence-electron chi connectivity index (χ4n) is 1.41. The summed E-state index contributed by atoms with van der Waals surface area (Å²) in [6.45, 7) is 3.15. The van der Waals surface area contributed by atoms with Crippen LogP contribution in [0.3, 0.4) is 0 Å². The van der Waals surface area contributed by atoms with Gasteiger partial charge in [-0.2, -0.15) is 0 Å². The Hall–Kier alpha value is -2.15. The molecule has 0 saturated carbocycles. The highest BCUT2D eigenvalue weighted by Gasteiger charge is 2.10.